The largest absolute Gasteiger partial charge is 0.491 e. The third-order valence-corrected chi connectivity index (χ3v) is 4.51. The van der Waals surface area contributed by atoms with Crippen molar-refractivity contribution >= 4 is 17.7 Å². The number of amides is 1. The lowest BCUT2D eigenvalue weighted by Gasteiger charge is -2.25. The maximum Gasteiger partial charge on any atom is 0.412 e. The lowest BCUT2D eigenvalue weighted by atomic mass is 10.0. The Morgan fingerprint density at radius 3 is 2.61 bits per heavy atom. The van der Waals surface area contributed by atoms with E-state index in [1.54, 1.807) is 49.4 Å². The minimum Gasteiger partial charge on any atom is -0.491 e. The molecule has 0 unspecified atom stereocenters. The number of aliphatic hydroxyl groups excluding tert-OH is 1. The molecule has 0 aromatic heterocycles. The van der Waals surface area contributed by atoms with Gasteiger partial charge in [0.05, 0.1) is 6.61 Å². The van der Waals surface area contributed by atoms with Gasteiger partial charge in [-0.3, -0.25) is 5.32 Å². The standard InChI is InChI=1S/C23H25NO9/c1-2-29-19(9-10-21(26)27)22(15-3-6-17(7-4-15)30-12-11-25)33-23(28)24-16-5-8-18-20(13-16)32-14-31-18/h3-10,13,19,22,25H,2,11-12,14H2,1H3,(H,24,28)(H,26,27)/b10-9+/t19-,22-/m0/s1. The van der Waals surface area contributed by atoms with Crippen LogP contribution in [0.5, 0.6) is 17.2 Å². The number of rotatable bonds is 11. The fourth-order valence-corrected chi connectivity index (χ4v) is 3.09. The molecule has 0 radical (unpaired) electrons. The van der Waals surface area contributed by atoms with E-state index in [2.05, 4.69) is 5.32 Å². The Morgan fingerprint density at radius 2 is 1.91 bits per heavy atom. The monoisotopic (exact) mass is 459 g/mol. The zero-order chi connectivity index (χ0) is 23.6. The van der Waals surface area contributed by atoms with Crippen molar-refractivity contribution < 1.29 is 43.5 Å². The molecule has 1 heterocycles. The maximum atomic E-state index is 12.7. The van der Waals surface area contributed by atoms with E-state index in [4.69, 9.17) is 33.9 Å². The molecule has 3 rings (SSSR count). The summed E-state index contributed by atoms with van der Waals surface area (Å²) in [6, 6.07) is 11.6. The molecule has 2 aromatic carbocycles. The van der Waals surface area contributed by atoms with Crippen molar-refractivity contribution in [2.45, 2.75) is 19.1 Å². The minimum atomic E-state index is -1.16. The van der Waals surface area contributed by atoms with E-state index in [1.807, 2.05) is 0 Å². The van der Waals surface area contributed by atoms with Gasteiger partial charge in [-0.25, -0.2) is 9.59 Å². The number of aliphatic hydroxyl groups is 1. The average Bonchev–Trinajstić information content (AvgIpc) is 3.27. The Bertz CT molecular complexity index is 974. The van der Waals surface area contributed by atoms with Gasteiger partial charge in [-0.15, -0.1) is 0 Å². The van der Waals surface area contributed by atoms with Gasteiger partial charge in [0, 0.05) is 24.4 Å². The van der Waals surface area contributed by atoms with Crippen LogP contribution in [0.25, 0.3) is 0 Å². The first kappa shape index (κ1) is 23.9. The third kappa shape index (κ3) is 6.86. The number of aliphatic carboxylic acids is 1. The van der Waals surface area contributed by atoms with Crippen LogP contribution in [-0.4, -0.2) is 55.0 Å². The minimum absolute atomic E-state index is 0.106. The van der Waals surface area contributed by atoms with Crippen LogP contribution >= 0.6 is 0 Å². The van der Waals surface area contributed by atoms with E-state index in [9.17, 15) is 9.59 Å². The van der Waals surface area contributed by atoms with Crippen LogP contribution in [0.4, 0.5) is 10.5 Å². The molecule has 3 N–H and O–H groups in total. The summed E-state index contributed by atoms with van der Waals surface area (Å²) < 4.78 is 27.2. The Balaban J connectivity index is 1.80. The summed E-state index contributed by atoms with van der Waals surface area (Å²) in [5, 5.41) is 20.6. The van der Waals surface area contributed by atoms with Crippen molar-refractivity contribution in [2.75, 3.05) is 31.9 Å². The van der Waals surface area contributed by atoms with E-state index in [0.717, 1.165) is 6.08 Å². The molecule has 0 fully saturated rings. The first-order chi connectivity index (χ1) is 16.0. The molecule has 2 aromatic rings. The van der Waals surface area contributed by atoms with Gasteiger partial charge < -0.3 is 33.9 Å². The van der Waals surface area contributed by atoms with Gasteiger partial charge in [0.25, 0.3) is 0 Å². The molecule has 0 bridgehead atoms. The van der Waals surface area contributed by atoms with Crippen molar-refractivity contribution in [3.63, 3.8) is 0 Å². The van der Waals surface area contributed by atoms with Crippen LogP contribution in [0.3, 0.4) is 0 Å². The molecular formula is C23H25NO9. The number of hydrogen-bond donors (Lipinski definition) is 3. The molecule has 176 valence electrons. The molecule has 0 spiro atoms. The summed E-state index contributed by atoms with van der Waals surface area (Å²) in [6.45, 7) is 2.13. The SMILES string of the molecule is CCO[C@@H](/C=C/C(=O)O)[C@@H](OC(=O)Nc1ccc2c(c1)OCO2)c1ccc(OCCO)cc1. The van der Waals surface area contributed by atoms with E-state index in [0.29, 0.717) is 28.5 Å². The van der Waals surface area contributed by atoms with Crippen LogP contribution in [0.15, 0.2) is 54.6 Å². The number of ether oxygens (including phenoxy) is 5. The van der Waals surface area contributed by atoms with Crippen LogP contribution < -0.4 is 19.5 Å². The van der Waals surface area contributed by atoms with E-state index in [1.165, 1.54) is 6.08 Å². The Labute approximate surface area is 190 Å². The number of nitrogens with one attached hydrogen (secondary N) is 1. The highest BCUT2D eigenvalue weighted by molar-refractivity contribution is 5.85. The lowest BCUT2D eigenvalue weighted by Crippen LogP contribution is -2.27. The van der Waals surface area contributed by atoms with Crippen LogP contribution in [-0.2, 0) is 14.3 Å². The summed E-state index contributed by atoms with van der Waals surface area (Å²) in [4.78, 5) is 23.7. The fourth-order valence-electron chi connectivity index (χ4n) is 3.09. The van der Waals surface area contributed by atoms with Crippen molar-refractivity contribution in [1.29, 1.82) is 0 Å². The van der Waals surface area contributed by atoms with Crippen LogP contribution in [0, 0.1) is 0 Å². The summed E-state index contributed by atoms with van der Waals surface area (Å²) in [7, 11) is 0. The molecule has 10 nitrogen and oxygen atoms in total. The van der Waals surface area contributed by atoms with Gasteiger partial charge in [0.2, 0.25) is 6.79 Å². The third-order valence-electron chi connectivity index (χ3n) is 4.51. The highest BCUT2D eigenvalue weighted by atomic mass is 16.7. The molecule has 0 saturated carbocycles. The Kier molecular flexibility index (Phi) is 8.50. The highest BCUT2D eigenvalue weighted by Gasteiger charge is 2.27. The predicted octanol–water partition coefficient (Wildman–Crippen LogP) is 3.12. The van der Waals surface area contributed by atoms with E-state index < -0.39 is 24.3 Å². The summed E-state index contributed by atoms with van der Waals surface area (Å²) in [5.41, 5.74) is 0.991. The van der Waals surface area contributed by atoms with Crippen LogP contribution in [0.1, 0.15) is 18.6 Å². The summed E-state index contributed by atoms with van der Waals surface area (Å²) in [6.07, 6.45) is -0.335. The molecule has 10 heteroatoms. The number of anilines is 1. The number of hydrogen-bond acceptors (Lipinski definition) is 8. The zero-order valence-electron chi connectivity index (χ0n) is 17.9. The normalized spacial score (nSPS) is 14.0. The quantitative estimate of drug-likeness (QED) is 0.434. The second-order valence-electron chi connectivity index (χ2n) is 6.78. The number of carboxylic acid groups (broad SMARTS) is 1. The van der Waals surface area contributed by atoms with Crippen molar-refractivity contribution in [1.82, 2.24) is 0 Å². The molecule has 2 atom stereocenters. The predicted molar refractivity (Wildman–Crippen MR) is 117 cm³/mol. The van der Waals surface area contributed by atoms with E-state index in [-0.39, 0.29) is 26.6 Å². The molecule has 33 heavy (non-hydrogen) atoms. The highest BCUT2D eigenvalue weighted by Crippen LogP contribution is 2.34. The number of fused-ring (bicyclic) bond motifs is 1. The second kappa shape index (κ2) is 11.7. The smallest absolute Gasteiger partial charge is 0.412 e. The zero-order valence-corrected chi connectivity index (χ0v) is 17.9. The summed E-state index contributed by atoms with van der Waals surface area (Å²) in [5.74, 6) is 0.436. The first-order valence-corrected chi connectivity index (χ1v) is 10.2. The van der Waals surface area contributed by atoms with Gasteiger partial charge in [0.1, 0.15) is 18.5 Å². The molecule has 0 aliphatic carbocycles. The number of carbonyl (C=O) groups is 2. The Morgan fingerprint density at radius 1 is 1.15 bits per heavy atom. The van der Waals surface area contributed by atoms with Gasteiger partial charge in [0.15, 0.2) is 17.6 Å². The first-order valence-electron chi connectivity index (χ1n) is 10.2. The van der Waals surface area contributed by atoms with Crippen molar-refractivity contribution in [3.8, 4) is 17.2 Å². The van der Waals surface area contributed by atoms with Crippen molar-refractivity contribution in [3.05, 3.63) is 60.2 Å². The lowest BCUT2D eigenvalue weighted by molar-refractivity contribution is -0.131. The Hall–Kier alpha value is -3.76. The maximum absolute atomic E-state index is 12.7. The summed E-state index contributed by atoms with van der Waals surface area (Å²) >= 11 is 0. The van der Waals surface area contributed by atoms with Gasteiger partial charge in [-0.1, -0.05) is 12.1 Å². The van der Waals surface area contributed by atoms with Gasteiger partial charge in [-0.05, 0) is 42.8 Å². The number of benzene rings is 2. The molecule has 1 aliphatic rings. The molecule has 1 aliphatic heterocycles. The van der Waals surface area contributed by atoms with E-state index >= 15 is 0 Å². The average molecular weight is 459 g/mol. The molecule has 0 saturated heterocycles. The van der Waals surface area contributed by atoms with Gasteiger partial charge >= 0.3 is 12.1 Å². The number of carbonyl (C=O) groups excluding carboxylic acids is 1. The second-order valence-corrected chi connectivity index (χ2v) is 6.78. The topological polar surface area (TPSA) is 133 Å². The fraction of sp³-hybridized carbons (Fsp3) is 0.304. The number of carboxylic acids is 1. The molecular weight excluding hydrogens is 434 g/mol. The van der Waals surface area contributed by atoms with Crippen molar-refractivity contribution in [2.24, 2.45) is 0 Å². The molecule has 1 amide bonds. The van der Waals surface area contributed by atoms with Gasteiger partial charge in [-0.2, -0.15) is 0 Å². The van der Waals surface area contributed by atoms with Crippen LogP contribution in [0.2, 0.25) is 0 Å².